The van der Waals surface area contributed by atoms with Crippen LogP contribution in [0.3, 0.4) is 0 Å². The number of benzene rings is 2. The number of carbonyl (C=O) groups excluding carboxylic acids is 1. The SMILES string of the molecule is C[C@H](C(=O)N(C)Cc1ccccc1)[NH+]1CCN(S(=O)(=O)Cc2ccccc2)CC1. The van der Waals surface area contributed by atoms with E-state index in [-0.39, 0.29) is 17.7 Å². The minimum Gasteiger partial charge on any atom is -0.336 e. The van der Waals surface area contributed by atoms with Crippen molar-refractivity contribution in [2.24, 2.45) is 0 Å². The number of hydrogen-bond donors (Lipinski definition) is 1. The Morgan fingerprint density at radius 3 is 2.07 bits per heavy atom. The number of amides is 1. The molecule has 2 aromatic rings. The van der Waals surface area contributed by atoms with E-state index in [9.17, 15) is 13.2 Å². The summed E-state index contributed by atoms with van der Waals surface area (Å²) in [5.74, 6) is 0.113. The Morgan fingerprint density at radius 1 is 1.00 bits per heavy atom. The van der Waals surface area contributed by atoms with Crippen molar-refractivity contribution >= 4 is 15.9 Å². The van der Waals surface area contributed by atoms with Gasteiger partial charge >= 0.3 is 0 Å². The monoisotopic (exact) mass is 416 g/mol. The van der Waals surface area contributed by atoms with E-state index in [1.165, 1.54) is 0 Å². The van der Waals surface area contributed by atoms with Crippen LogP contribution in [-0.2, 0) is 27.1 Å². The molecule has 0 aromatic heterocycles. The number of hydrogen-bond acceptors (Lipinski definition) is 3. The largest absolute Gasteiger partial charge is 0.336 e. The van der Waals surface area contributed by atoms with E-state index < -0.39 is 10.0 Å². The lowest BCUT2D eigenvalue weighted by atomic mass is 10.2. The van der Waals surface area contributed by atoms with Gasteiger partial charge in [-0.1, -0.05) is 60.7 Å². The summed E-state index contributed by atoms with van der Waals surface area (Å²) in [6.45, 7) is 4.69. The smallest absolute Gasteiger partial charge is 0.280 e. The van der Waals surface area contributed by atoms with E-state index in [2.05, 4.69) is 0 Å². The first-order valence-electron chi connectivity index (χ1n) is 10.0. The Bertz CT molecular complexity index is 895. The summed E-state index contributed by atoms with van der Waals surface area (Å²) in [7, 11) is -1.51. The van der Waals surface area contributed by atoms with Crippen molar-refractivity contribution in [3.63, 3.8) is 0 Å². The summed E-state index contributed by atoms with van der Waals surface area (Å²) in [6.07, 6.45) is 0. The first-order chi connectivity index (χ1) is 13.9. The van der Waals surface area contributed by atoms with Gasteiger partial charge in [0.05, 0.1) is 31.9 Å². The van der Waals surface area contributed by atoms with Gasteiger partial charge in [-0.25, -0.2) is 8.42 Å². The summed E-state index contributed by atoms with van der Waals surface area (Å²) < 4.78 is 27.0. The fourth-order valence-corrected chi connectivity index (χ4v) is 5.34. The van der Waals surface area contributed by atoms with Crippen molar-refractivity contribution in [3.8, 4) is 0 Å². The van der Waals surface area contributed by atoms with Gasteiger partial charge in [0.15, 0.2) is 6.04 Å². The molecular weight excluding hydrogens is 386 g/mol. The molecule has 1 heterocycles. The molecule has 6 nitrogen and oxygen atoms in total. The number of quaternary nitrogens is 1. The summed E-state index contributed by atoms with van der Waals surface area (Å²) in [5, 5.41) is 0. The second-order valence-corrected chi connectivity index (χ2v) is 9.67. The molecule has 7 heteroatoms. The molecule has 0 unspecified atom stereocenters. The summed E-state index contributed by atoms with van der Waals surface area (Å²) >= 11 is 0. The van der Waals surface area contributed by atoms with Crippen LogP contribution in [-0.4, -0.2) is 62.8 Å². The first-order valence-corrected chi connectivity index (χ1v) is 11.6. The number of nitrogens with one attached hydrogen (secondary N) is 1. The molecule has 0 bridgehead atoms. The van der Waals surface area contributed by atoms with Crippen LogP contribution in [0.5, 0.6) is 0 Å². The molecule has 0 aliphatic carbocycles. The van der Waals surface area contributed by atoms with Crippen LogP contribution in [0, 0.1) is 0 Å². The van der Waals surface area contributed by atoms with E-state index in [1.807, 2.05) is 74.6 Å². The summed E-state index contributed by atoms with van der Waals surface area (Å²) in [5.41, 5.74) is 1.90. The lowest BCUT2D eigenvalue weighted by Gasteiger charge is -2.35. The fourth-order valence-electron chi connectivity index (χ4n) is 3.80. The minimum atomic E-state index is -3.34. The van der Waals surface area contributed by atoms with E-state index in [1.54, 1.807) is 9.21 Å². The molecule has 3 rings (SSSR count). The van der Waals surface area contributed by atoms with Crippen LogP contribution in [0.4, 0.5) is 0 Å². The Balaban J connectivity index is 1.53. The topological polar surface area (TPSA) is 62.1 Å². The fraction of sp³-hybridized carbons (Fsp3) is 0.409. The van der Waals surface area contributed by atoms with Gasteiger partial charge < -0.3 is 9.80 Å². The molecule has 1 aliphatic heterocycles. The Kier molecular flexibility index (Phi) is 7.05. The van der Waals surface area contributed by atoms with Gasteiger partial charge in [0, 0.05) is 13.6 Å². The lowest BCUT2D eigenvalue weighted by Crippen LogP contribution is -3.19. The predicted molar refractivity (Wildman–Crippen MR) is 114 cm³/mol. The number of sulfonamides is 1. The number of nitrogens with zero attached hydrogens (tertiary/aromatic N) is 2. The molecule has 29 heavy (non-hydrogen) atoms. The van der Waals surface area contributed by atoms with Crippen LogP contribution in [0.15, 0.2) is 60.7 Å². The maximum absolute atomic E-state index is 12.8. The van der Waals surface area contributed by atoms with Crippen molar-refractivity contribution in [1.29, 1.82) is 0 Å². The maximum Gasteiger partial charge on any atom is 0.280 e. The Hall–Kier alpha value is -2.22. The second kappa shape index (κ2) is 9.52. The van der Waals surface area contributed by atoms with Crippen molar-refractivity contribution in [3.05, 3.63) is 71.8 Å². The van der Waals surface area contributed by atoms with Gasteiger partial charge in [-0.2, -0.15) is 4.31 Å². The zero-order valence-electron chi connectivity index (χ0n) is 17.1. The van der Waals surface area contributed by atoms with Crippen LogP contribution in [0.2, 0.25) is 0 Å². The van der Waals surface area contributed by atoms with Crippen LogP contribution >= 0.6 is 0 Å². The maximum atomic E-state index is 12.8. The van der Waals surface area contributed by atoms with Crippen molar-refractivity contribution < 1.29 is 18.1 Å². The highest BCUT2D eigenvalue weighted by Gasteiger charge is 2.34. The quantitative estimate of drug-likeness (QED) is 0.725. The van der Waals surface area contributed by atoms with Crippen LogP contribution in [0.1, 0.15) is 18.1 Å². The zero-order valence-corrected chi connectivity index (χ0v) is 17.9. The van der Waals surface area contributed by atoms with E-state index in [0.29, 0.717) is 32.7 Å². The highest BCUT2D eigenvalue weighted by molar-refractivity contribution is 7.88. The molecule has 156 valence electrons. The van der Waals surface area contributed by atoms with Gasteiger partial charge in [0.25, 0.3) is 5.91 Å². The van der Waals surface area contributed by atoms with Crippen LogP contribution in [0.25, 0.3) is 0 Å². The Labute approximate surface area is 173 Å². The molecule has 1 fully saturated rings. The third-order valence-corrected chi connectivity index (χ3v) is 7.42. The number of carbonyl (C=O) groups is 1. The molecule has 1 saturated heterocycles. The van der Waals surface area contributed by atoms with E-state index >= 15 is 0 Å². The standard InChI is InChI=1S/C22H29N3O3S/c1-19(22(26)23(2)17-20-9-5-3-6-10-20)24-13-15-25(16-14-24)29(27,28)18-21-11-7-4-8-12-21/h3-12,19H,13-18H2,1-2H3/p+1/t19-/m1/s1. The highest BCUT2D eigenvalue weighted by Crippen LogP contribution is 2.11. The molecule has 1 atom stereocenters. The summed E-state index contributed by atoms with van der Waals surface area (Å²) in [4.78, 5) is 15.7. The highest BCUT2D eigenvalue weighted by atomic mass is 32.2. The molecule has 1 aliphatic rings. The molecule has 2 aromatic carbocycles. The van der Waals surface area contributed by atoms with E-state index in [4.69, 9.17) is 0 Å². The molecular formula is C22H30N3O3S+. The van der Waals surface area contributed by atoms with Crippen molar-refractivity contribution in [1.82, 2.24) is 9.21 Å². The van der Waals surface area contributed by atoms with Gasteiger partial charge in [0.1, 0.15) is 0 Å². The normalized spacial score (nSPS) is 17.0. The molecule has 0 spiro atoms. The predicted octanol–water partition coefficient (Wildman–Crippen LogP) is 0.764. The second-order valence-electron chi connectivity index (χ2n) is 7.70. The third kappa shape index (κ3) is 5.65. The number of rotatable bonds is 7. The number of likely N-dealkylation sites (N-methyl/N-ethyl adjacent to an activating group) is 1. The van der Waals surface area contributed by atoms with Gasteiger partial charge in [-0.3, -0.25) is 4.79 Å². The van der Waals surface area contributed by atoms with E-state index in [0.717, 1.165) is 16.0 Å². The number of piperazine rings is 1. The van der Waals surface area contributed by atoms with Gasteiger partial charge in [0.2, 0.25) is 10.0 Å². The van der Waals surface area contributed by atoms with Crippen molar-refractivity contribution in [2.75, 3.05) is 33.2 Å². The third-order valence-electron chi connectivity index (χ3n) is 5.57. The molecule has 0 radical (unpaired) electrons. The molecule has 0 saturated carbocycles. The lowest BCUT2D eigenvalue weighted by molar-refractivity contribution is -0.918. The van der Waals surface area contributed by atoms with Crippen molar-refractivity contribution in [2.45, 2.75) is 25.3 Å². The summed E-state index contributed by atoms with van der Waals surface area (Å²) in [6, 6.07) is 19.0. The van der Waals surface area contributed by atoms with Gasteiger partial charge in [-0.15, -0.1) is 0 Å². The minimum absolute atomic E-state index is 0.0253. The average molecular weight is 417 g/mol. The first kappa shape index (κ1) is 21.5. The zero-order chi connectivity index (χ0) is 20.9. The average Bonchev–Trinajstić information content (AvgIpc) is 2.74. The molecule has 1 amide bonds. The Morgan fingerprint density at radius 2 is 1.52 bits per heavy atom. The molecule has 1 N–H and O–H groups in total. The van der Waals surface area contributed by atoms with Crippen LogP contribution < -0.4 is 4.90 Å². The van der Waals surface area contributed by atoms with Gasteiger partial charge in [-0.05, 0) is 18.1 Å².